The maximum atomic E-state index is 14.1. The Balaban J connectivity index is 2.06. The van der Waals surface area contributed by atoms with E-state index in [2.05, 4.69) is 4.74 Å². The molecule has 0 N–H and O–H groups in total. The highest BCUT2D eigenvalue weighted by Gasteiger charge is 2.34. The highest BCUT2D eigenvalue weighted by molar-refractivity contribution is 5.95. The molecule has 3 rings (SSSR count). The van der Waals surface area contributed by atoms with Crippen molar-refractivity contribution >= 4 is 18.2 Å². The Hall–Kier alpha value is -4.63. The average molecular weight is 584 g/mol. The van der Waals surface area contributed by atoms with E-state index in [1.54, 1.807) is 0 Å². The Morgan fingerprint density at radius 3 is 1.48 bits per heavy atom. The molecule has 0 saturated carbocycles. The normalized spacial score (nSPS) is 11.7. The summed E-state index contributed by atoms with van der Waals surface area (Å²) in [6.07, 6.45) is -1.90. The third kappa shape index (κ3) is 4.91. The molecule has 1 unspecified atom stereocenters. The van der Waals surface area contributed by atoms with Crippen LogP contribution in [-0.2, 0) is 4.74 Å². The molecule has 0 radical (unpaired) electrons. The number of carbonyl (C=O) groups excluding carboxylic acids is 3. The number of benzene rings is 3. The zero-order valence-electron chi connectivity index (χ0n) is 19.5. The lowest BCUT2D eigenvalue weighted by Gasteiger charge is -2.19. The van der Waals surface area contributed by atoms with Crippen LogP contribution in [0.2, 0.25) is 0 Å². The summed E-state index contributed by atoms with van der Waals surface area (Å²) in [5.41, 5.74) is -5.34. The standard InChI is InChI=1S/C24H10F10O6/c1-6(39-23(36)10-12(25)16(29)20(33)17(30)13(10)26)7-3-4-9(38-2)22(8(7)5-35)40-24(37)11-14(27)18(31)21(34)19(32)15(11)28/h3-6H,1-2H3. The van der Waals surface area contributed by atoms with Gasteiger partial charge in [-0.15, -0.1) is 0 Å². The molecular formula is C24H10F10O6. The Labute approximate surface area is 215 Å². The highest BCUT2D eigenvalue weighted by Crippen LogP contribution is 2.38. The van der Waals surface area contributed by atoms with Gasteiger partial charge in [-0.05, 0) is 13.0 Å². The van der Waals surface area contributed by atoms with Crippen molar-refractivity contribution in [2.24, 2.45) is 0 Å². The molecule has 6 nitrogen and oxygen atoms in total. The van der Waals surface area contributed by atoms with Gasteiger partial charge < -0.3 is 14.2 Å². The fraction of sp³-hybridized carbons (Fsp3) is 0.125. The number of halogens is 10. The molecule has 0 aliphatic heterocycles. The van der Waals surface area contributed by atoms with Crippen molar-refractivity contribution in [1.82, 2.24) is 0 Å². The maximum Gasteiger partial charge on any atom is 0.349 e. The van der Waals surface area contributed by atoms with Gasteiger partial charge in [0.15, 0.2) is 64.3 Å². The molecule has 40 heavy (non-hydrogen) atoms. The summed E-state index contributed by atoms with van der Waals surface area (Å²) in [4.78, 5) is 36.5. The van der Waals surface area contributed by atoms with Gasteiger partial charge in [0.1, 0.15) is 17.2 Å². The van der Waals surface area contributed by atoms with Crippen LogP contribution in [0, 0.1) is 58.2 Å². The first-order valence-corrected chi connectivity index (χ1v) is 10.3. The Morgan fingerprint density at radius 1 is 0.675 bits per heavy atom. The van der Waals surface area contributed by atoms with Gasteiger partial charge in [0.2, 0.25) is 11.6 Å². The first kappa shape index (κ1) is 29.9. The van der Waals surface area contributed by atoms with E-state index in [1.165, 1.54) is 0 Å². The summed E-state index contributed by atoms with van der Waals surface area (Å²) >= 11 is 0. The number of methoxy groups -OCH3 is 1. The second-order valence-electron chi connectivity index (χ2n) is 7.54. The van der Waals surface area contributed by atoms with Crippen molar-refractivity contribution in [2.45, 2.75) is 13.0 Å². The molecule has 1 atom stereocenters. The summed E-state index contributed by atoms with van der Waals surface area (Å²) in [5, 5.41) is 0. The van der Waals surface area contributed by atoms with E-state index in [-0.39, 0.29) is 6.29 Å². The largest absolute Gasteiger partial charge is 0.493 e. The average Bonchev–Trinajstić information content (AvgIpc) is 2.92. The van der Waals surface area contributed by atoms with Crippen molar-refractivity contribution in [3.8, 4) is 11.5 Å². The predicted molar refractivity (Wildman–Crippen MR) is 110 cm³/mol. The Morgan fingerprint density at radius 2 is 1.07 bits per heavy atom. The number of esters is 2. The van der Waals surface area contributed by atoms with Crippen LogP contribution in [0.5, 0.6) is 11.5 Å². The summed E-state index contributed by atoms with van der Waals surface area (Å²) < 4.78 is 151. The first-order chi connectivity index (χ1) is 18.7. The number of ether oxygens (including phenoxy) is 3. The number of hydrogen-bond donors (Lipinski definition) is 0. The minimum absolute atomic E-state index is 0.109. The molecule has 0 aliphatic carbocycles. The van der Waals surface area contributed by atoms with E-state index in [9.17, 15) is 58.3 Å². The van der Waals surface area contributed by atoms with E-state index in [0.717, 1.165) is 26.2 Å². The molecule has 0 spiro atoms. The van der Waals surface area contributed by atoms with Crippen LogP contribution in [0.1, 0.15) is 49.7 Å². The fourth-order valence-corrected chi connectivity index (χ4v) is 3.33. The summed E-state index contributed by atoms with van der Waals surface area (Å²) in [6, 6.07) is 1.83. The molecule has 0 aromatic heterocycles. The lowest BCUT2D eigenvalue weighted by Crippen LogP contribution is -2.20. The van der Waals surface area contributed by atoms with Crippen molar-refractivity contribution in [3.05, 3.63) is 92.6 Å². The van der Waals surface area contributed by atoms with Crippen LogP contribution in [-0.4, -0.2) is 25.3 Å². The summed E-state index contributed by atoms with van der Waals surface area (Å²) in [5.74, 6) is -31.1. The van der Waals surface area contributed by atoms with E-state index in [1.807, 2.05) is 0 Å². The smallest absolute Gasteiger partial charge is 0.349 e. The number of rotatable bonds is 7. The predicted octanol–water partition coefficient (Wildman–Crippen LogP) is 6.04. The van der Waals surface area contributed by atoms with Crippen LogP contribution in [0.3, 0.4) is 0 Å². The van der Waals surface area contributed by atoms with Gasteiger partial charge in [-0.2, -0.15) is 0 Å². The van der Waals surface area contributed by atoms with Gasteiger partial charge in [0.05, 0.1) is 12.7 Å². The van der Waals surface area contributed by atoms with Crippen LogP contribution in [0.15, 0.2) is 12.1 Å². The van der Waals surface area contributed by atoms with Crippen LogP contribution in [0.25, 0.3) is 0 Å². The van der Waals surface area contributed by atoms with Gasteiger partial charge in [0.25, 0.3) is 0 Å². The van der Waals surface area contributed by atoms with Crippen LogP contribution in [0.4, 0.5) is 43.9 Å². The molecule has 0 bridgehead atoms. The van der Waals surface area contributed by atoms with Crippen molar-refractivity contribution < 1.29 is 72.5 Å². The van der Waals surface area contributed by atoms with E-state index < -0.39 is 110 Å². The molecule has 3 aromatic carbocycles. The van der Waals surface area contributed by atoms with Gasteiger partial charge in [0, 0.05) is 5.56 Å². The van der Waals surface area contributed by atoms with Crippen molar-refractivity contribution in [1.29, 1.82) is 0 Å². The molecule has 212 valence electrons. The van der Waals surface area contributed by atoms with Crippen molar-refractivity contribution in [3.63, 3.8) is 0 Å². The molecule has 16 heteroatoms. The lowest BCUT2D eigenvalue weighted by atomic mass is 10.0. The van der Waals surface area contributed by atoms with Gasteiger partial charge in [-0.3, -0.25) is 4.79 Å². The first-order valence-electron chi connectivity index (χ1n) is 10.3. The molecule has 0 amide bonds. The SMILES string of the molecule is COc1ccc(C(C)OC(=O)c2c(F)c(F)c(F)c(F)c2F)c(C=O)c1OC(=O)c1c(F)c(F)c(F)c(F)c1F. The van der Waals surface area contributed by atoms with Gasteiger partial charge in [-0.25, -0.2) is 53.5 Å². The molecule has 3 aromatic rings. The third-order valence-corrected chi connectivity index (χ3v) is 5.28. The monoisotopic (exact) mass is 584 g/mol. The second kappa shape index (κ2) is 11.2. The molecule has 0 aliphatic rings. The van der Waals surface area contributed by atoms with E-state index in [4.69, 9.17) is 9.47 Å². The van der Waals surface area contributed by atoms with Crippen LogP contribution < -0.4 is 9.47 Å². The summed E-state index contributed by atoms with van der Waals surface area (Å²) in [7, 11) is 0.936. The van der Waals surface area contributed by atoms with Crippen molar-refractivity contribution in [2.75, 3.05) is 7.11 Å². The highest BCUT2D eigenvalue weighted by atomic mass is 19.2. The summed E-state index contributed by atoms with van der Waals surface area (Å²) in [6.45, 7) is 0.925. The number of hydrogen-bond acceptors (Lipinski definition) is 6. The fourth-order valence-electron chi connectivity index (χ4n) is 3.33. The molecular weight excluding hydrogens is 574 g/mol. The van der Waals surface area contributed by atoms with E-state index in [0.29, 0.717) is 0 Å². The minimum atomic E-state index is -2.58. The number of aldehydes is 1. The third-order valence-electron chi connectivity index (χ3n) is 5.28. The number of carbonyl (C=O) groups is 3. The molecule has 0 fully saturated rings. The zero-order chi connectivity index (χ0) is 30.2. The quantitative estimate of drug-likeness (QED) is 0.0843. The van der Waals surface area contributed by atoms with Crippen LogP contribution >= 0.6 is 0 Å². The maximum absolute atomic E-state index is 14.1. The van der Waals surface area contributed by atoms with E-state index >= 15 is 0 Å². The topological polar surface area (TPSA) is 78.9 Å². The van der Waals surface area contributed by atoms with Gasteiger partial charge in [-0.1, -0.05) is 6.07 Å². The van der Waals surface area contributed by atoms with Gasteiger partial charge >= 0.3 is 11.9 Å². The molecule has 0 saturated heterocycles. The lowest BCUT2D eigenvalue weighted by molar-refractivity contribution is 0.0319. The molecule has 0 heterocycles. The Bertz CT molecular complexity index is 1510. The second-order valence-corrected chi connectivity index (χ2v) is 7.54. The zero-order valence-corrected chi connectivity index (χ0v) is 19.5. The minimum Gasteiger partial charge on any atom is -0.493 e. The Kier molecular flexibility index (Phi) is 8.40.